The van der Waals surface area contributed by atoms with Gasteiger partial charge < -0.3 is 15.0 Å². The highest BCUT2D eigenvalue weighted by molar-refractivity contribution is 6.47. The van der Waals surface area contributed by atoms with Gasteiger partial charge in [-0.2, -0.15) is 0 Å². The lowest BCUT2D eigenvalue weighted by molar-refractivity contribution is -0.131. The SMILES string of the molecule is COc1cccc(NC(=O)CN2C(=O)C(c3ccc(F)cc3)=NC2(C)C)c1. The van der Waals surface area contributed by atoms with Gasteiger partial charge >= 0.3 is 0 Å². The van der Waals surface area contributed by atoms with Crippen LogP contribution in [-0.2, 0) is 9.59 Å². The highest BCUT2D eigenvalue weighted by Crippen LogP contribution is 2.26. The summed E-state index contributed by atoms with van der Waals surface area (Å²) in [4.78, 5) is 31.1. The number of benzene rings is 2. The topological polar surface area (TPSA) is 71.0 Å². The van der Waals surface area contributed by atoms with Gasteiger partial charge in [0.15, 0.2) is 0 Å². The van der Waals surface area contributed by atoms with E-state index in [9.17, 15) is 14.0 Å². The molecule has 2 aromatic carbocycles. The highest BCUT2D eigenvalue weighted by Gasteiger charge is 2.41. The third-order valence-electron chi connectivity index (χ3n) is 4.27. The van der Waals surface area contributed by atoms with Crippen LogP contribution < -0.4 is 10.1 Å². The lowest BCUT2D eigenvalue weighted by Crippen LogP contribution is -2.46. The summed E-state index contributed by atoms with van der Waals surface area (Å²) in [7, 11) is 1.54. The van der Waals surface area contributed by atoms with E-state index in [0.717, 1.165) is 0 Å². The van der Waals surface area contributed by atoms with Crippen LogP contribution in [0.1, 0.15) is 19.4 Å². The third kappa shape index (κ3) is 3.97. The van der Waals surface area contributed by atoms with Gasteiger partial charge in [0.2, 0.25) is 5.91 Å². The molecule has 3 rings (SSSR count). The lowest BCUT2D eigenvalue weighted by atomic mass is 10.1. The summed E-state index contributed by atoms with van der Waals surface area (Å²) in [5, 5.41) is 2.75. The first-order chi connectivity index (χ1) is 12.8. The first-order valence-electron chi connectivity index (χ1n) is 8.42. The van der Waals surface area contributed by atoms with Crippen molar-refractivity contribution in [1.82, 2.24) is 4.90 Å². The average Bonchev–Trinajstić information content (AvgIpc) is 2.86. The average molecular weight is 369 g/mol. The monoisotopic (exact) mass is 369 g/mol. The number of carbonyl (C=O) groups excluding carboxylic acids is 2. The number of carbonyl (C=O) groups is 2. The Morgan fingerprint density at radius 3 is 2.59 bits per heavy atom. The summed E-state index contributed by atoms with van der Waals surface area (Å²) in [6, 6.07) is 12.5. The number of nitrogens with zero attached hydrogens (tertiary/aromatic N) is 2. The molecule has 7 heteroatoms. The minimum atomic E-state index is -0.882. The van der Waals surface area contributed by atoms with Gasteiger partial charge in [0, 0.05) is 17.3 Å². The molecule has 0 bridgehead atoms. The Kier molecular flexibility index (Phi) is 4.94. The van der Waals surface area contributed by atoms with Crippen LogP contribution in [0.15, 0.2) is 53.5 Å². The standard InChI is InChI=1S/C20H20FN3O3/c1-20(2)23-18(13-7-9-14(21)10-8-13)19(26)24(20)12-17(25)22-15-5-4-6-16(11-15)27-3/h4-11H,12H2,1-3H3,(H,22,25). The normalized spacial score (nSPS) is 15.5. The largest absolute Gasteiger partial charge is 0.497 e. The van der Waals surface area contributed by atoms with Crippen molar-refractivity contribution in [3.63, 3.8) is 0 Å². The van der Waals surface area contributed by atoms with E-state index in [4.69, 9.17) is 4.74 Å². The number of methoxy groups -OCH3 is 1. The predicted molar refractivity (Wildman–Crippen MR) is 100 cm³/mol. The Labute approximate surface area is 156 Å². The van der Waals surface area contributed by atoms with Crippen LogP contribution in [0.4, 0.5) is 10.1 Å². The molecule has 6 nitrogen and oxygen atoms in total. The van der Waals surface area contributed by atoms with Crippen molar-refractivity contribution in [2.75, 3.05) is 19.0 Å². The summed E-state index contributed by atoms with van der Waals surface area (Å²) in [5.74, 6) is -0.487. The van der Waals surface area contributed by atoms with E-state index in [-0.39, 0.29) is 24.1 Å². The number of hydrogen-bond acceptors (Lipinski definition) is 4. The number of anilines is 1. The maximum absolute atomic E-state index is 13.1. The summed E-state index contributed by atoms with van der Waals surface area (Å²) >= 11 is 0. The number of ether oxygens (including phenoxy) is 1. The molecule has 0 radical (unpaired) electrons. The molecule has 1 aliphatic heterocycles. The predicted octanol–water partition coefficient (Wildman–Crippen LogP) is 2.84. The Balaban J connectivity index is 1.74. The Bertz CT molecular complexity index is 907. The molecular formula is C20H20FN3O3. The molecule has 27 heavy (non-hydrogen) atoms. The lowest BCUT2D eigenvalue weighted by Gasteiger charge is -2.28. The Morgan fingerprint density at radius 2 is 1.93 bits per heavy atom. The van der Waals surface area contributed by atoms with Crippen molar-refractivity contribution in [3.8, 4) is 5.75 Å². The highest BCUT2D eigenvalue weighted by atomic mass is 19.1. The summed E-state index contributed by atoms with van der Waals surface area (Å²) in [6.07, 6.45) is 0. The molecule has 2 aromatic rings. The van der Waals surface area contributed by atoms with Gasteiger partial charge in [-0.3, -0.25) is 14.6 Å². The minimum absolute atomic E-state index is 0.156. The fraction of sp³-hybridized carbons (Fsp3) is 0.250. The maximum atomic E-state index is 13.1. The van der Waals surface area contributed by atoms with Crippen LogP contribution in [0.5, 0.6) is 5.75 Å². The number of aliphatic imine (C=N–C) groups is 1. The zero-order valence-electron chi connectivity index (χ0n) is 15.3. The molecule has 0 fully saturated rings. The van der Waals surface area contributed by atoms with Gasteiger partial charge in [-0.15, -0.1) is 0 Å². The van der Waals surface area contributed by atoms with E-state index in [1.54, 1.807) is 45.2 Å². The molecule has 2 amide bonds. The molecular weight excluding hydrogens is 349 g/mol. The first-order valence-corrected chi connectivity index (χ1v) is 8.42. The molecule has 0 spiro atoms. The molecule has 1 aliphatic rings. The van der Waals surface area contributed by atoms with Gasteiger partial charge in [-0.25, -0.2) is 4.39 Å². The van der Waals surface area contributed by atoms with Crippen LogP contribution in [-0.4, -0.2) is 41.7 Å². The molecule has 0 saturated heterocycles. The van der Waals surface area contributed by atoms with E-state index in [2.05, 4.69) is 10.3 Å². The summed E-state index contributed by atoms with van der Waals surface area (Å²) < 4.78 is 18.3. The van der Waals surface area contributed by atoms with Crippen molar-refractivity contribution in [2.45, 2.75) is 19.5 Å². The van der Waals surface area contributed by atoms with Crippen LogP contribution in [0.3, 0.4) is 0 Å². The van der Waals surface area contributed by atoms with E-state index < -0.39 is 11.5 Å². The quantitative estimate of drug-likeness (QED) is 0.881. The zero-order chi connectivity index (χ0) is 19.6. The summed E-state index contributed by atoms with van der Waals surface area (Å²) in [6.45, 7) is 3.34. The molecule has 0 atom stereocenters. The van der Waals surface area contributed by atoms with Crippen molar-refractivity contribution in [1.29, 1.82) is 0 Å². The second-order valence-corrected chi connectivity index (χ2v) is 6.63. The van der Waals surface area contributed by atoms with Crippen LogP contribution in [0, 0.1) is 5.82 Å². The van der Waals surface area contributed by atoms with E-state index in [1.807, 2.05) is 0 Å². The van der Waals surface area contributed by atoms with Gasteiger partial charge in [-0.1, -0.05) is 6.07 Å². The molecule has 0 saturated carbocycles. The van der Waals surface area contributed by atoms with Gasteiger partial charge in [-0.05, 0) is 50.2 Å². The second-order valence-electron chi connectivity index (χ2n) is 6.63. The number of hydrogen-bond donors (Lipinski definition) is 1. The number of rotatable bonds is 5. The Morgan fingerprint density at radius 1 is 1.22 bits per heavy atom. The minimum Gasteiger partial charge on any atom is -0.497 e. The number of halogens is 1. The van der Waals surface area contributed by atoms with Crippen molar-refractivity contribution < 1.29 is 18.7 Å². The second kappa shape index (κ2) is 7.19. The number of amides is 2. The van der Waals surface area contributed by atoms with Gasteiger partial charge in [0.05, 0.1) is 7.11 Å². The fourth-order valence-corrected chi connectivity index (χ4v) is 2.86. The molecule has 1 heterocycles. The van der Waals surface area contributed by atoms with E-state index in [1.165, 1.54) is 29.2 Å². The van der Waals surface area contributed by atoms with E-state index in [0.29, 0.717) is 17.0 Å². The van der Waals surface area contributed by atoms with Crippen molar-refractivity contribution in [3.05, 3.63) is 59.9 Å². The van der Waals surface area contributed by atoms with Crippen molar-refractivity contribution >= 4 is 23.2 Å². The molecule has 0 unspecified atom stereocenters. The molecule has 0 aliphatic carbocycles. The van der Waals surface area contributed by atoms with E-state index >= 15 is 0 Å². The third-order valence-corrected chi connectivity index (χ3v) is 4.27. The van der Waals surface area contributed by atoms with Gasteiger partial charge in [0.25, 0.3) is 5.91 Å². The fourth-order valence-electron chi connectivity index (χ4n) is 2.86. The first kappa shape index (κ1) is 18.6. The summed E-state index contributed by atoms with van der Waals surface area (Å²) in [5.41, 5.74) is 0.426. The van der Waals surface area contributed by atoms with Crippen molar-refractivity contribution in [2.24, 2.45) is 4.99 Å². The molecule has 1 N–H and O–H groups in total. The van der Waals surface area contributed by atoms with Crippen LogP contribution in [0.25, 0.3) is 0 Å². The van der Waals surface area contributed by atoms with Crippen LogP contribution >= 0.6 is 0 Å². The molecule has 0 aromatic heterocycles. The number of nitrogens with one attached hydrogen (secondary N) is 1. The maximum Gasteiger partial charge on any atom is 0.275 e. The molecule has 140 valence electrons. The smallest absolute Gasteiger partial charge is 0.275 e. The van der Waals surface area contributed by atoms with Crippen LogP contribution in [0.2, 0.25) is 0 Å². The Hall–Kier alpha value is -3.22. The zero-order valence-corrected chi connectivity index (χ0v) is 15.3. The van der Waals surface area contributed by atoms with Gasteiger partial charge in [0.1, 0.15) is 29.5 Å².